The Bertz CT molecular complexity index is 604. The fraction of sp³-hybridized carbons (Fsp3) is 0.545. The zero-order valence-electron chi connectivity index (χ0n) is 9.90. The summed E-state index contributed by atoms with van der Waals surface area (Å²) in [6.07, 6.45) is 4.82. The highest BCUT2D eigenvalue weighted by molar-refractivity contribution is 9.10. The minimum atomic E-state index is -3.28. The van der Waals surface area contributed by atoms with Crippen LogP contribution in [0.25, 0.3) is 0 Å². The molecule has 1 aliphatic rings. The van der Waals surface area contributed by atoms with Crippen LogP contribution in [0.4, 0.5) is 0 Å². The standard InChI is InChI=1S/C11H14BrNO4S/c1-18(15,16)6-8-10(17-5-7-2-3-7)9(12)4-13-11(8)14/h4,7H,2-3,5-6H2,1H3,(H,13,14). The van der Waals surface area contributed by atoms with E-state index in [0.717, 1.165) is 19.1 Å². The number of aromatic nitrogens is 1. The van der Waals surface area contributed by atoms with Crippen LogP contribution >= 0.6 is 15.9 Å². The van der Waals surface area contributed by atoms with Crippen molar-refractivity contribution in [3.8, 4) is 5.75 Å². The Labute approximate surface area is 114 Å². The Hall–Kier alpha value is -0.820. The van der Waals surface area contributed by atoms with Crippen molar-refractivity contribution >= 4 is 25.8 Å². The predicted molar refractivity (Wildman–Crippen MR) is 71.5 cm³/mol. The lowest BCUT2D eigenvalue weighted by molar-refractivity contribution is 0.295. The van der Waals surface area contributed by atoms with E-state index in [0.29, 0.717) is 22.7 Å². The summed E-state index contributed by atoms with van der Waals surface area (Å²) in [5.74, 6) is 0.556. The highest BCUT2D eigenvalue weighted by atomic mass is 79.9. The van der Waals surface area contributed by atoms with E-state index in [-0.39, 0.29) is 11.3 Å². The van der Waals surface area contributed by atoms with Gasteiger partial charge >= 0.3 is 0 Å². The smallest absolute Gasteiger partial charge is 0.255 e. The van der Waals surface area contributed by atoms with Crippen molar-refractivity contribution in [3.63, 3.8) is 0 Å². The number of aromatic amines is 1. The molecule has 1 heterocycles. The summed E-state index contributed by atoms with van der Waals surface area (Å²) >= 11 is 3.27. The monoisotopic (exact) mass is 335 g/mol. The number of rotatable bonds is 5. The molecule has 0 aromatic carbocycles. The van der Waals surface area contributed by atoms with Crippen LogP contribution in [0.15, 0.2) is 15.5 Å². The number of nitrogens with one attached hydrogen (secondary N) is 1. The number of hydrogen-bond acceptors (Lipinski definition) is 4. The number of ether oxygens (including phenoxy) is 1. The minimum absolute atomic E-state index is 0.160. The number of hydrogen-bond donors (Lipinski definition) is 1. The highest BCUT2D eigenvalue weighted by Crippen LogP contribution is 2.32. The summed E-state index contributed by atoms with van der Waals surface area (Å²) in [7, 11) is -3.28. The van der Waals surface area contributed by atoms with Crippen molar-refractivity contribution in [1.29, 1.82) is 0 Å². The molecule has 0 aliphatic heterocycles. The van der Waals surface area contributed by atoms with E-state index in [1.165, 1.54) is 6.20 Å². The number of sulfone groups is 1. The Morgan fingerprint density at radius 3 is 2.72 bits per heavy atom. The summed E-state index contributed by atoms with van der Waals surface area (Å²) < 4.78 is 28.8. The maximum atomic E-state index is 11.7. The number of pyridine rings is 1. The van der Waals surface area contributed by atoms with Gasteiger partial charge < -0.3 is 9.72 Å². The lowest BCUT2D eigenvalue weighted by Crippen LogP contribution is -2.18. The second kappa shape index (κ2) is 5.05. The Morgan fingerprint density at radius 2 is 2.17 bits per heavy atom. The van der Waals surface area contributed by atoms with Crippen LogP contribution in [0, 0.1) is 5.92 Å². The van der Waals surface area contributed by atoms with Gasteiger partial charge in [-0.1, -0.05) is 0 Å². The third kappa shape index (κ3) is 3.58. The van der Waals surface area contributed by atoms with Crippen LogP contribution in [0.1, 0.15) is 18.4 Å². The van der Waals surface area contributed by atoms with Crippen molar-refractivity contribution in [1.82, 2.24) is 4.98 Å². The van der Waals surface area contributed by atoms with E-state index in [9.17, 15) is 13.2 Å². The molecule has 18 heavy (non-hydrogen) atoms. The zero-order valence-corrected chi connectivity index (χ0v) is 12.3. The Morgan fingerprint density at radius 1 is 1.50 bits per heavy atom. The molecule has 5 nitrogen and oxygen atoms in total. The van der Waals surface area contributed by atoms with Crippen LogP contribution in [0.5, 0.6) is 5.75 Å². The molecular formula is C11H14BrNO4S. The minimum Gasteiger partial charge on any atom is -0.492 e. The molecule has 1 N–H and O–H groups in total. The molecule has 0 spiro atoms. The van der Waals surface area contributed by atoms with Crippen molar-refractivity contribution < 1.29 is 13.2 Å². The number of halogens is 1. The maximum Gasteiger partial charge on any atom is 0.255 e. The topological polar surface area (TPSA) is 76.2 Å². The normalized spacial score (nSPS) is 15.7. The summed E-state index contributed by atoms with van der Waals surface area (Å²) in [5, 5.41) is 0. The fourth-order valence-corrected chi connectivity index (χ4v) is 2.82. The van der Waals surface area contributed by atoms with Gasteiger partial charge in [0.25, 0.3) is 5.56 Å². The zero-order chi connectivity index (χ0) is 13.3. The molecule has 1 aromatic heterocycles. The van der Waals surface area contributed by atoms with Gasteiger partial charge in [-0.3, -0.25) is 4.79 Å². The van der Waals surface area contributed by atoms with Crippen LogP contribution in [-0.4, -0.2) is 26.3 Å². The molecule has 2 rings (SSSR count). The fourth-order valence-electron chi connectivity index (χ4n) is 1.56. The first-order valence-electron chi connectivity index (χ1n) is 5.57. The first-order chi connectivity index (χ1) is 8.37. The Balaban J connectivity index is 2.33. The van der Waals surface area contributed by atoms with Gasteiger partial charge in [-0.2, -0.15) is 0 Å². The van der Waals surface area contributed by atoms with Gasteiger partial charge in [0.1, 0.15) is 5.75 Å². The molecule has 1 fully saturated rings. The molecule has 1 aromatic rings. The van der Waals surface area contributed by atoms with Gasteiger partial charge in [-0.05, 0) is 34.7 Å². The SMILES string of the molecule is CS(=O)(=O)Cc1c(OCC2CC2)c(Br)c[nH]c1=O. The van der Waals surface area contributed by atoms with Crippen molar-refractivity contribution in [2.24, 2.45) is 5.92 Å². The van der Waals surface area contributed by atoms with E-state index >= 15 is 0 Å². The molecule has 0 bridgehead atoms. The highest BCUT2D eigenvalue weighted by Gasteiger charge is 2.24. The van der Waals surface area contributed by atoms with Gasteiger partial charge in [0.2, 0.25) is 0 Å². The predicted octanol–water partition coefficient (Wildman–Crippen LogP) is 1.47. The van der Waals surface area contributed by atoms with Gasteiger partial charge in [0, 0.05) is 12.5 Å². The summed E-state index contributed by atoms with van der Waals surface area (Å²) in [6.45, 7) is 0.527. The van der Waals surface area contributed by atoms with E-state index in [4.69, 9.17) is 4.74 Å². The van der Waals surface area contributed by atoms with Gasteiger partial charge in [-0.25, -0.2) is 8.42 Å². The molecule has 7 heteroatoms. The van der Waals surface area contributed by atoms with Crippen molar-refractivity contribution in [2.45, 2.75) is 18.6 Å². The van der Waals surface area contributed by atoms with Crippen LogP contribution in [-0.2, 0) is 15.6 Å². The molecule has 0 radical (unpaired) electrons. The first kappa shape index (κ1) is 13.6. The number of H-pyrrole nitrogens is 1. The Kier molecular flexibility index (Phi) is 3.82. The molecular weight excluding hydrogens is 322 g/mol. The van der Waals surface area contributed by atoms with E-state index in [2.05, 4.69) is 20.9 Å². The van der Waals surface area contributed by atoms with Crippen LogP contribution < -0.4 is 10.3 Å². The second-order valence-corrected chi connectivity index (χ2v) is 7.59. The van der Waals surface area contributed by atoms with Crippen LogP contribution in [0.3, 0.4) is 0 Å². The molecule has 0 amide bonds. The van der Waals surface area contributed by atoms with E-state index in [1.54, 1.807) is 0 Å². The lowest BCUT2D eigenvalue weighted by Gasteiger charge is -2.11. The molecule has 0 unspecified atom stereocenters. The van der Waals surface area contributed by atoms with Crippen molar-refractivity contribution in [2.75, 3.05) is 12.9 Å². The molecule has 0 saturated heterocycles. The lowest BCUT2D eigenvalue weighted by atomic mass is 10.3. The first-order valence-corrected chi connectivity index (χ1v) is 8.43. The molecule has 1 aliphatic carbocycles. The average Bonchev–Trinajstić information content (AvgIpc) is 3.05. The van der Waals surface area contributed by atoms with Crippen LogP contribution in [0.2, 0.25) is 0 Å². The van der Waals surface area contributed by atoms with Gasteiger partial charge in [0.15, 0.2) is 9.84 Å². The average molecular weight is 336 g/mol. The van der Waals surface area contributed by atoms with Gasteiger partial charge in [0.05, 0.1) is 22.4 Å². The summed E-state index contributed by atoms with van der Waals surface area (Å²) in [5.41, 5.74) is -0.262. The third-order valence-corrected chi connectivity index (χ3v) is 4.06. The van der Waals surface area contributed by atoms with Gasteiger partial charge in [-0.15, -0.1) is 0 Å². The second-order valence-electron chi connectivity index (χ2n) is 4.60. The third-order valence-electron chi connectivity index (χ3n) is 2.66. The maximum absolute atomic E-state index is 11.7. The summed E-state index contributed by atoms with van der Waals surface area (Å²) in [4.78, 5) is 14.2. The molecule has 0 atom stereocenters. The quantitative estimate of drug-likeness (QED) is 0.883. The van der Waals surface area contributed by atoms with E-state index < -0.39 is 15.4 Å². The van der Waals surface area contributed by atoms with Crippen molar-refractivity contribution in [3.05, 3.63) is 26.6 Å². The van der Waals surface area contributed by atoms with E-state index in [1.807, 2.05) is 0 Å². The largest absolute Gasteiger partial charge is 0.492 e. The summed E-state index contributed by atoms with van der Waals surface area (Å²) in [6, 6.07) is 0. The molecule has 100 valence electrons. The molecule has 1 saturated carbocycles.